The standard InChI is InChI=1S/C71H100O12/c1-66(2,3)47-68(7,8)53-22-24-59-61(45-53)79-38-30-74-33-41-82-65-51-17-13-21-58(65)70-26-14-18-55-44-52-16-12-20-57(64(52)81-40-32-72-27-35-76-59)56-19-11-15-50(43-51)63(56)80-39-31-73-29-37-78-62-46-54(69(9,10)48-67(4,5)6)23-25-60(62)77-36-28-75-34-42-83-71(55,70)49-70/h12-13,16-17,20-25,45-46,50,55-56,63H,11,14-15,18-19,26-44,47-49H2,1-10H3. The normalized spacial score (nSPS) is 26.7. The number of para-hydroxylation sites is 2. The van der Waals surface area contributed by atoms with Gasteiger partial charge in [-0.05, 0) is 138 Å². The lowest BCUT2D eigenvalue weighted by molar-refractivity contribution is -0.0668. The third-order valence-electron chi connectivity index (χ3n) is 18.5. The summed E-state index contributed by atoms with van der Waals surface area (Å²) in [6, 6.07) is 26.5. The minimum atomic E-state index is -0.438. The van der Waals surface area contributed by atoms with Crippen LogP contribution in [0.25, 0.3) is 0 Å². The van der Waals surface area contributed by atoms with Crippen molar-refractivity contribution in [2.45, 2.75) is 174 Å². The van der Waals surface area contributed by atoms with Crippen molar-refractivity contribution < 1.29 is 56.8 Å². The highest BCUT2D eigenvalue weighted by atomic mass is 16.6. The van der Waals surface area contributed by atoms with Crippen LogP contribution in [0.1, 0.15) is 166 Å². The van der Waals surface area contributed by atoms with Gasteiger partial charge in [0.25, 0.3) is 0 Å². The number of benzene rings is 4. The lowest BCUT2D eigenvalue weighted by Crippen LogP contribution is -2.41. The van der Waals surface area contributed by atoms with Crippen molar-refractivity contribution in [3.8, 4) is 34.5 Å². The Morgan fingerprint density at radius 1 is 0.458 bits per heavy atom. The summed E-state index contributed by atoms with van der Waals surface area (Å²) in [5.74, 6) is 5.30. The van der Waals surface area contributed by atoms with Crippen LogP contribution in [0.4, 0.5) is 0 Å². The summed E-state index contributed by atoms with van der Waals surface area (Å²) in [6.45, 7) is 29.6. The van der Waals surface area contributed by atoms with Crippen molar-refractivity contribution in [2.24, 2.45) is 22.7 Å². The third-order valence-corrected chi connectivity index (χ3v) is 18.5. The number of fused-ring (bicyclic) bond motifs is 24. The van der Waals surface area contributed by atoms with Crippen molar-refractivity contribution in [3.05, 3.63) is 106 Å². The topological polar surface area (TPSA) is 111 Å². The first kappa shape index (κ1) is 61.5. The maximum absolute atomic E-state index is 7.46. The van der Waals surface area contributed by atoms with Crippen LogP contribution in [-0.4, -0.2) is 117 Å². The highest BCUT2D eigenvalue weighted by Crippen LogP contribution is 2.71. The van der Waals surface area contributed by atoms with Gasteiger partial charge in [0.15, 0.2) is 23.0 Å². The molecular weight excluding hydrogens is 1040 g/mol. The molecule has 4 aliphatic carbocycles. The predicted molar refractivity (Wildman–Crippen MR) is 326 cm³/mol. The number of hydrogen-bond donors (Lipinski definition) is 0. The van der Waals surface area contributed by atoms with Gasteiger partial charge in [0.2, 0.25) is 0 Å². The molecule has 83 heavy (non-hydrogen) atoms. The zero-order valence-corrected chi connectivity index (χ0v) is 52.2. The van der Waals surface area contributed by atoms with E-state index < -0.39 is 5.60 Å². The van der Waals surface area contributed by atoms with Crippen molar-refractivity contribution in [3.63, 3.8) is 0 Å². The van der Waals surface area contributed by atoms with Gasteiger partial charge in [-0.2, -0.15) is 0 Å². The smallest absolute Gasteiger partial charge is 0.161 e. The summed E-state index contributed by atoms with van der Waals surface area (Å²) >= 11 is 0. The third kappa shape index (κ3) is 14.8. The maximum atomic E-state index is 7.46. The van der Waals surface area contributed by atoms with E-state index >= 15 is 0 Å². The first-order valence-corrected chi connectivity index (χ1v) is 31.7. The van der Waals surface area contributed by atoms with Gasteiger partial charge in [0, 0.05) is 22.5 Å². The molecule has 12 nitrogen and oxygen atoms in total. The quantitative estimate of drug-likeness (QED) is 0.181. The summed E-state index contributed by atoms with van der Waals surface area (Å²) in [5.41, 5.74) is 6.84. The lowest BCUT2D eigenvalue weighted by Gasteiger charge is -2.41. The zero-order valence-electron chi connectivity index (χ0n) is 52.2. The molecule has 12 bridgehead atoms. The predicted octanol–water partition coefficient (Wildman–Crippen LogP) is 14.1. The average molecular weight is 1150 g/mol. The van der Waals surface area contributed by atoms with Crippen LogP contribution in [0.2, 0.25) is 0 Å². The Bertz CT molecular complexity index is 2760. The largest absolute Gasteiger partial charge is 0.491 e. The van der Waals surface area contributed by atoms with Crippen LogP contribution in [0, 0.1) is 22.7 Å². The molecule has 6 unspecified atom stereocenters. The van der Waals surface area contributed by atoms with Crippen LogP contribution in [0.3, 0.4) is 0 Å². The van der Waals surface area contributed by atoms with Crippen molar-refractivity contribution in [1.82, 2.24) is 0 Å². The molecule has 1 spiro atoms. The molecular formula is C71H100O12. The maximum Gasteiger partial charge on any atom is 0.161 e. The number of hydrogen-bond acceptors (Lipinski definition) is 12. The molecule has 0 amide bonds. The number of rotatable bonds is 4. The highest BCUT2D eigenvalue weighted by molar-refractivity contribution is 5.55. The molecule has 4 heterocycles. The van der Waals surface area contributed by atoms with E-state index in [2.05, 4.69) is 136 Å². The lowest BCUT2D eigenvalue weighted by atomic mass is 9.70. The molecule has 0 aromatic heterocycles. The Kier molecular flexibility index (Phi) is 19.7. The minimum absolute atomic E-state index is 0.0634. The summed E-state index contributed by atoms with van der Waals surface area (Å²) in [4.78, 5) is 0. The Hall–Kier alpha value is -4.56. The molecule has 0 saturated heterocycles. The summed E-state index contributed by atoms with van der Waals surface area (Å²) < 4.78 is 80.4. The fourth-order valence-corrected chi connectivity index (χ4v) is 15.6. The van der Waals surface area contributed by atoms with Gasteiger partial charge < -0.3 is 56.8 Å². The first-order valence-electron chi connectivity index (χ1n) is 31.7. The second-order valence-corrected chi connectivity index (χ2v) is 28.4. The Morgan fingerprint density at radius 2 is 0.964 bits per heavy atom. The van der Waals surface area contributed by atoms with Gasteiger partial charge in [-0.25, -0.2) is 0 Å². The van der Waals surface area contributed by atoms with Crippen molar-refractivity contribution in [1.29, 1.82) is 0 Å². The van der Waals surface area contributed by atoms with Crippen LogP contribution in [-0.2, 0) is 57.5 Å². The molecule has 4 aromatic carbocycles. The summed E-state index contributed by atoms with van der Waals surface area (Å²) in [6.07, 6.45) is 10.7. The van der Waals surface area contributed by atoms with E-state index in [4.69, 9.17) is 56.8 Å². The first-order chi connectivity index (χ1) is 39.8. The minimum Gasteiger partial charge on any atom is -0.491 e. The molecule has 3 saturated carbocycles. The molecule has 3 fully saturated rings. The van der Waals surface area contributed by atoms with Gasteiger partial charge >= 0.3 is 0 Å². The molecule has 0 radical (unpaired) electrons. The molecule has 0 N–H and O–H groups in total. The van der Waals surface area contributed by atoms with E-state index in [1.54, 1.807) is 0 Å². The molecule has 4 aromatic rings. The van der Waals surface area contributed by atoms with Crippen LogP contribution in [0.5, 0.6) is 34.5 Å². The van der Waals surface area contributed by atoms with E-state index in [9.17, 15) is 0 Å². The van der Waals surface area contributed by atoms with Gasteiger partial charge in [-0.1, -0.05) is 131 Å². The summed E-state index contributed by atoms with van der Waals surface area (Å²) in [5, 5.41) is 0. The fourth-order valence-electron chi connectivity index (χ4n) is 15.6. The molecule has 12 rings (SSSR count). The second kappa shape index (κ2) is 26.6. The van der Waals surface area contributed by atoms with Gasteiger partial charge in [0.05, 0.1) is 77.8 Å². The summed E-state index contributed by atoms with van der Waals surface area (Å²) in [7, 11) is 0. The molecule has 456 valence electrons. The van der Waals surface area contributed by atoms with Gasteiger partial charge in [-0.15, -0.1) is 0 Å². The van der Waals surface area contributed by atoms with Gasteiger partial charge in [0.1, 0.15) is 51.1 Å². The monoisotopic (exact) mass is 1140 g/mol. The highest BCUT2D eigenvalue weighted by Gasteiger charge is 2.74. The SMILES string of the molecule is CC(C)(C)CC(C)(C)c1ccc2c(c1)OCCOCCOc1c3cccc1C14CCCC5Cc6cccc(c6OCCOCCO2)C2CCCC(C3)C2OCCOCCOc2cc(C(C)(C)CC(C)(C)C)ccc2OCCOCCOC51C4. The van der Waals surface area contributed by atoms with E-state index in [-0.39, 0.29) is 50.9 Å². The van der Waals surface area contributed by atoms with E-state index in [0.29, 0.717) is 123 Å². The molecule has 6 atom stereocenters. The van der Waals surface area contributed by atoms with E-state index in [0.717, 1.165) is 87.9 Å². The fraction of sp³-hybridized carbons (Fsp3) is 0.662. The van der Waals surface area contributed by atoms with Crippen molar-refractivity contribution in [2.75, 3.05) is 106 Å². The Labute approximate surface area is 497 Å². The molecule has 4 aliphatic heterocycles. The Balaban J connectivity index is 0.973. The van der Waals surface area contributed by atoms with Crippen molar-refractivity contribution >= 4 is 0 Å². The average Bonchev–Trinajstić information content (AvgIpc) is 1.52. The Morgan fingerprint density at radius 3 is 1.54 bits per heavy atom. The number of ether oxygens (including phenoxy) is 12. The molecule has 8 aliphatic rings. The van der Waals surface area contributed by atoms with E-state index in [1.807, 2.05) is 6.07 Å². The van der Waals surface area contributed by atoms with Gasteiger partial charge in [-0.3, -0.25) is 0 Å². The zero-order chi connectivity index (χ0) is 58.3. The van der Waals surface area contributed by atoms with Crippen LogP contribution >= 0.6 is 0 Å². The molecule has 12 heteroatoms. The van der Waals surface area contributed by atoms with Crippen LogP contribution < -0.4 is 28.4 Å². The second-order valence-electron chi connectivity index (χ2n) is 28.4. The van der Waals surface area contributed by atoms with E-state index in [1.165, 1.54) is 33.4 Å². The van der Waals surface area contributed by atoms with Crippen LogP contribution in [0.15, 0.2) is 72.8 Å².